The van der Waals surface area contributed by atoms with Gasteiger partial charge in [0.25, 0.3) is 0 Å². The predicted octanol–water partition coefficient (Wildman–Crippen LogP) is 3.33. The van der Waals surface area contributed by atoms with Gasteiger partial charge in [-0.3, -0.25) is 0 Å². The molecule has 3 heteroatoms. The number of hydrogen-bond donors (Lipinski definition) is 1. The van der Waals surface area contributed by atoms with Crippen LogP contribution in [-0.4, -0.2) is 13.1 Å². The highest BCUT2D eigenvalue weighted by molar-refractivity contribution is 7.10. The van der Waals surface area contributed by atoms with Crippen molar-refractivity contribution in [1.29, 1.82) is 0 Å². The molecule has 78 valence electrons. The molecule has 2 rings (SSSR count). The average Bonchev–Trinajstić information content (AvgIpc) is 2.93. The third kappa shape index (κ3) is 2.50. The Hall–Kier alpha value is -0.0500. The summed E-state index contributed by atoms with van der Waals surface area (Å²) >= 11 is 7.83. The van der Waals surface area contributed by atoms with Crippen LogP contribution in [-0.2, 0) is 6.42 Å². The smallest absolute Gasteiger partial charge is 0.0544 e. The Morgan fingerprint density at radius 2 is 2.43 bits per heavy atom. The summed E-state index contributed by atoms with van der Waals surface area (Å²) in [5.74, 6) is 0.929. The molecule has 1 N–H and O–H groups in total. The fourth-order valence-corrected chi connectivity index (χ4v) is 3.05. The average molecular weight is 230 g/mol. The maximum absolute atomic E-state index is 6.05. The summed E-state index contributed by atoms with van der Waals surface area (Å²) < 4.78 is 0. The van der Waals surface area contributed by atoms with Gasteiger partial charge in [0, 0.05) is 10.9 Å². The number of nitrogens with one attached hydrogen (secondary N) is 1. The molecule has 0 aromatic carbocycles. The van der Waals surface area contributed by atoms with Crippen molar-refractivity contribution in [3.8, 4) is 0 Å². The van der Waals surface area contributed by atoms with Gasteiger partial charge < -0.3 is 5.32 Å². The van der Waals surface area contributed by atoms with E-state index in [2.05, 4.69) is 17.7 Å². The fourth-order valence-electron chi connectivity index (χ4n) is 1.90. The third-order valence-electron chi connectivity index (χ3n) is 2.94. The monoisotopic (exact) mass is 229 g/mol. The Morgan fingerprint density at radius 3 is 2.93 bits per heavy atom. The van der Waals surface area contributed by atoms with Gasteiger partial charge in [-0.1, -0.05) is 11.6 Å². The lowest BCUT2D eigenvalue weighted by atomic mass is 10.1. The molecule has 1 atom stereocenters. The first-order chi connectivity index (χ1) is 6.81. The molecular weight excluding hydrogens is 214 g/mol. The van der Waals surface area contributed by atoms with Gasteiger partial charge in [0.05, 0.1) is 5.02 Å². The van der Waals surface area contributed by atoms with Gasteiger partial charge in [-0.05, 0) is 50.1 Å². The van der Waals surface area contributed by atoms with E-state index < -0.39 is 0 Å². The van der Waals surface area contributed by atoms with Crippen molar-refractivity contribution in [1.82, 2.24) is 5.32 Å². The molecule has 1 aliphatic carbocycles. The van der Waals surface area contributed by atoms with Crippen LogP contribution in [0.15, 0.2) is 11.4 Å². The molecule has 1 aromatic heterocycles. The number of halogens is 1. The Bertz CT molecular complexity index is 293. The van der Waals surface area contributed by atoms with Gasteiger partial charge in [0.15, 0.2) is 0 Å². The molecular formula is C11H16ClNS. The molecule has 0 bridgehead atoms. The van der Waals surface area contributed by atoms with E-state index in [0.717, 1.165) is 17.4 Å². The summed E-state index contributed by atoms with van der Waals surface area (Å²) in [6.45, 7) is 0. The van der Waals surface area contributed by atoms with E-state index in [0.29, 0.717) is 6.04 Å². The Labute approximate surface area is 94.5 Å². The van der Waals surface area contributed by atoms with Crippen LogP contribution in [0.1, 0.15) is 24.1 Å². The van der Waals surface area contributed by atoms with Gasteiger partial charge in [0.2, 0.25) is 0 Å². The SMILES string of the molecule is CNC(CCc1sccc1Cl)C1CC1. The third-order valence-corrected chi connectivity index (χ3v) is 4.38. The van der Waals surface area contributed by atoms with E-state index in [4.69, 9.17) is 11.6 Å². The second kappa shape index (κ2) is 4.65. The lowest BCUT2D eigenvalue weighted by Crippen LogP contribution is -2.27. The molecule has 1 fully saturated rings. The summed E-state index contributed by atoms with van der Waals surface area (Å²) in [5, 5.41) is 6.43. The second-order valence-corrected chi connectivity index (χ2v) is 5.37. The number of thiophene rings is 1. The lowest BCUT2D eigenvalue weighted by Gasteiger charge is -2.14. The van der Waals surface area contributed by atoms with Crippen LogP contribution in [0.25, 0.3) is 0 Å². The van der Waals surface area contributed by atoms with Crippen molar-refractivity contribution < 1.29 is 0 Å². The van der Waals surface area contributed by atoms with Gasteiger partial charge in [-0.15, -0.1) is 11.3 Å². The van der Waals surface area contributed by atoms with Crippen molar-refractivity contribution in [2.24, 2.45) is 5.92 Å². The van der Waals surface area contributed by atoms with Crippen molar-refractivity contribution in [2.75, 3.05) is 7.05 Å². The van der Waals surface area contributed by atoms with Crippen LogP contribution in [0.5, 0.6) is 0 Å². The maximum atomic E-state index is 6.05. The van der Waals surface area contributed by atoms with Crippen LogP contribution < -0.4 is 5.32 Å². The van der Waals surface area contributed by atoms with Crippen molar-refractivity contribution >= 4 is 22.9 Å². The lowest BCUT2D eigenvalue weighted by molar-refractivity contribution is 0.472. The molecule has 1 unspecified atom stereocenters. The van der Waals surface area contributed by atoms with E-state index in [9.17, 15) is 0 Å². The predicted molar refractivity (Wildman–Crippen MR) is 63.2 cm³/mol. The van der Waals surface area contributed by atoms with Gasteiger partial charge in [0.1, 0.15) is 0 Å². The van der Waals surface area contributed by atoms with E-state index >= 15 is 0 Å². The van der Waals surface area contributed by atoms with E-state index in [1.807, 2.05) is 6.07 Å². The molecule has 1 nitrogen and oxygen atoms in total. The summed E-state index contributed by atoms with van der Waals surface area (Å²) in [6, 6.07) is 2.70. The maximum Gasteiger partial charge on any atom is 0.0544 e. The summed E-state index contributed by atoms with van der Waals surface area (Å²) in [5.41, 5.74) is 0. The highest BCUT2D eigenvalue weighted by atomic mass is 35.5. The number of aryl methyl sites for hydroxylation is 1. The Kier molecular flexibility index (Phi) is 3.47. The van der Waals surface area contributed by atoms with Crippen LogP contribution >= 0.6 is 22.9 Å². The minimum atomic E-state index is 0.702. The van der Waals surface area contributed by atoms with Crippen molar-refractivity contribution in [3.63, 3.8) is 0 Å². The van der Waals surface area contributed by atoms with Crippen molar-refractivity contribution in [2.45, 2.75) is 31.7 Å². The highest BCUT2D eigenvalue weighted by Gasteiger charge is 2.29. The Morgan fingerprint density at radius 1 is 1.64 bits per heavy atom. The molecule has 0 spiro atoms. The molecule has 0 amide bonds. The first-order valence-corrected chi connectivity index (χ1v) is 6.46. The second-order valence-electron chi connectivity index (χ2n) is 3.96. The fraction of sp³-hybridized carbons (Fsp3) is 0.636. The quantitative estimate of drug-likeness (QED) is 0.817. The molecule has 14 heavy (non-hydrogen) atoms. The molecule has 1 heterocycles. The molecule has 0 aliphatic heterocycles. The van der Waals surface area contributed by atoms with Gasteiger partial charge >= 0.3 is 0 Å². The van der Waals surface area contributed by atoms with E-state index in [1.165, 1.54) is 24.1 Å². The molecule has 0 saturated heterocycles. The summed E-state index contributed by atoms with van der Waals surface area (Å²) in [7, 11) is 2.07. The largest absolute Gasteiger partial charge is 0.317 e. The van der Waals surface area contributed by atoms with E-state index in [-0.39, 0.29) is 0 Å². The minimum absolute atomic E-state index is 0.702. The zero-order valence-electron chi connectivity index (χ0n) is 8.42. The number of hydrogen-bond acceptors (Lipinski definition) is 2. The number of rotatable bonds is 5. The van der Waals surface area contributed by atoms with Crippen LogP contribution in [0.2, 0.25) is 5.02 Å². The Balaban J connectivity index is 1.83. The summed E-state index contributed by atoms with van der Waals surface area (Å²) in [6.07, 6.45) is 5.16. The normalized spacial score (nSPS) is 18.4. The van der Waals surface area contributed by atoms with Crippen LogP contribution in [0.3, 0.4) is 0 Å². The molecule has 1 saturated carbocycles. The van der Waals surface area contributed by atoms with Crippen LogP contribution in [0, 0.1) is 5.92 Å². The zero-order valence-corrected chi connectivity index (χ0v) is 10.00. The van der Waals surface area contributed by atoms with Crippen LogP contribution in [0.4, 0.5) is 0 Å². The molecule has 1 aliphatic rings. The first-order valence-electron chi connectivity index (χ1n) is 5.20. The first kappa shape index (κ1) is 10.5. The van der Waals surface area contributed by atoms with Gasteiger partial charge in [-0.2, -0.15) is 0 Å². The van der Waals surface area contributed by atoms with E-state index in [1.54, 1.807) is 11.3 Å². The van der Waals surface area contributed by atoms with Gasteiger partial charge in [-0.25, -0.2) is 0 Å². The van der Waals surface area contributed by atoms with Crippen molar-refractivity contribution in [3.05, 3.63) is 21.3 Å². The summed E-state index contributed by atoms with van der Waals surface area (Å²) in [4.78, 5) is 1.34. The molecule has 1 aromatic rings. The highest BCUT2D eigenvalue weighted by Crippen LogP contribution is 2.35. The molecule has 0 radical (unpaired) electrons. The zero-order chi connectivity index (χ0) is 9.97. The minimum Gasteiger partial charge on any atom is -0.317 e. The standard InChI is InChI=1S/C11H16ClNS/c1-13-10(8-2-3-8)4-5-11-9(12)6-7-14-11/h6-8,10,13H,2-5H2,1H3. The topological polar surface area (TPSA) is 12.0 Å².